The van der Waals surface area contributed by atoms with E-state index >= 15 is 0 Å². The van der Waals surface area contributed by atoms with Crippen LogP contribution >= 0.6 is 0 Å². The normalized spacial score (nSPS) is 19.0. The number of nitrogens with zero attached hydrogens (tertiary/aromatic N) is 3. The lowest BCUT2D eigenvalue weighted by Gasteiger charge is -2.29. The Morgan fingerprint density at radius 1 is 1.20 bits per heavy atom. The number of aliphatic carboxylic acids is 1. The van der Waals surface area contributed by atoms with Crippen LogP contribution in [-0.2, 0) is 14.4 Å². The zero-order valence-electron chi connectivity index (χ0n) is 16.6. The van der Waals surface area contributed by atoms with Gasteiger partial charge in [0.25, 0.3) is 17.5 Å². The quantitative estimate of drug-likeness (QED) is 0.439. The van der Waals surface area contributed by atoms with Crippen molar-refractivity contribution in [2.45, 2.75) is 6.92 Å². The van der Waals surface area contributed by atoms with Gasteiger partial charge in [-0.3, -0.25) is 19.3 Å². The molecule has 1 saturated heterocycles. The lowest BCUT2D eigenvalue weighted by atomic mass is 9.98. The largest absolute Gasteiger partial charge is 0.480 e. The number of carboxylic acids is 1. The average Bonchev–Trinajstić information content (AvgIpc) is 2.75. The summed E-state index contributed by atoms with van der Waals surface area (Å²) in [5.41, 5.74) is 2.23. The molecule has 1 fully saturated rings. The molecule has 8 nitrogen and oxygen atoms in total. The summed E-state index contributed by atoms with van der Waals surface area (Å²) >= 11 is 0. The van der Waals surface area contributed by atoms with Crippen molar-refractivity contribution in [2.24, 2.45) is 0 Å². The van der Waals surface area contributed by atoms with Crippen LogP contribution in [0.2, 0.25) is 0 Å². The van der Waals surface area contributed by atoms with Gasteiger partial charge in [0.15, 0.2) is 0 Å². The van der Waals surface area contributed by atoms with Gasteiger partial charge in [0, 0.05) is 37.4 Å². The van der Waals surface area contributed by atoms with Crippen molar-refractivity contribution in [2.75, 3.05) is 37.6 Å². The van der Waals surface area contributed by atoms with Crippen LogP contribution in [0, 0.1) is 6.57 Å². The molecule has 0 aliphatic carbocycles. The van der Waals surface area contributed by atoms with E-state index < -0.39 is 24.3 Å². The zero-order valence-corrected chi connectivity index (χ0v) is 16.6. The van der Waals surface area contributed by atoms with Gasteiger partial charge in [-0.05, 0) is 30.2 Å². The first-order valence-corrected chi connectivity index (χ1v) is 9.53. The number of hydrogen-bond acceptors (Lipinski definition) is 5. The fourth-order valence-corrected chi connectivity index (χ4v) is 3.40. The smallest absolute Gasteiger partial charge is 0.323 e. The summed E-state index contributed by atoms with van der Waals surface area (Å²) in [4.78, 5) is 41.9. The molecular formula is C22H22N4O4. The molecule has 2 N–H and O–H groups in total. The minimum atomic E-state index is -1.32. The highest BCUT2D eigenvalue weighted by Gasteiger charge is 2.36. The van der Waals surface area contributed by atoms with Gasteiger partial charge < -0.3 is 15.3 Å². The van der Waals surface area contributed by atoms with Gasteiger partial charge in [-0.1, -0.05) is 30.4 Å². The van der Waals surface area contributed by atoms with Crippen molar-refractivity contribution in [1.82, 2.24) is 10.2 Å². The van der Waals surface area contributed by atoms with Crippen molar-refractivity contribution in [3.8, 4) is 0 Å². The fraction of sp³-hybridized carbons (Fsp3) is 0.273. The second-order valence-electron chi connectivity index (χ2n) is 6.94. The highest BCUT2D eigenvalue weighted by atomic mass is 16.4. The lowest BCUT2D eigenvalue weighted by molar-refractivity contribution is -0.149. The second kappa shape index (κ2) is 9.20. The number of amides is 2. The number of rotatable bonds is 5. The Labute approximate surface area is 174 Å². The first kappa shape index (κ1) is 21.0. The van der Waals surface area contributed by atoms with E-state index in [9.17, 15) is 14.4 Å². The molecule has 2 heterocycles. The van der Waals surface area contributed by atoms with Gasteiger partial charge in [-0.2, -0.15) is 0 Å². The molecule has 30 heavy (non-hydrogen) atoms. The third-order valence-electron chi connectivity index (χ3n) is 5.01. The summed E-state index contributed by atoms with van der Waals surface area (Å²) in [6.07, 6.45) is 4.98. The number of imide groups is 1. The maximum Gasteiger partial charge on any atom is 0.323 e. The fourth-order valence-electron chi connectivity index (χ4n) is 3.40. The van der Waals surface area contributed by atoms with Crippen LogP contribution in [0.3, 0.4) is 0 Å². The van der Waals surface area contributed by atoms with Gasteiger partial charge in [-0.15, -0.1) is 0 Å². The molecule has 1 aromatic rings. The van der Waals surface area contributed by atoms with E-state index in [1.807, 2.05) is 30.3 Å². The number of carbonyl (C=O) groups excluding carboxylic acids is 2. The highest BCUT2D eigenvalue weighted by Crippen LogP contribution is 2.26. The predicted molar refractivity (Wildman–Crippen MR) is 112 cm³/mol. The Bertz CT molecular complexity index is 993. The Kier molecular flexibility index (Phi) is 6.45. The number of benzene rings is 1. The number of hydrogen-bond donors (Lipinski definition) is 2. The van der Waals surface area contributed by atoms with E-state index in [0.29, 0.717) is 4.90 Å². The second-order valence-corrected chi connectivity index (χ2v) is 6.94. The zero-order chi connectivity index (χ0) is 21.7. The number of nitrogens with one attached hydrogen (secondary N) is 1. The Balaban J connectivity index is 1.80. The molecule has 2 aliphatic rings. The Morgan fingerprint density at radius 3 is 2.47 bits per heavy atom. The topological polar surface area (TPSA) is 94.3 Å². The van der Waals surface area contributed by atoms with E-state index in [2.05, 4.69) is 15.1 Å². The van der Waals surface area contributed by atoms with Crippen LogP contribution in [0.25, 0.3) is 10.9 Å². The van der Waals surface area contributed by atoms with Crippen LogP contribution in [0.15, 0.2) is 53.3 Å². The molecular weight excluding hydrogens is 384 g/mol. The monoisotopic (exact) mass is 406 g/mol. The third-order valence-corrected chi connectivity index (χ3v) is 5.01. The van der Waals surface area contributed by atoms with Crippen molar-refractivity contribution < 1.29 is 19.5 Å². The molecule has 0 saturated carbocycles. The summed E-state index contributed by atoms with van der Waals surface area (Å²) in [7, 11) is 0. The number of allylic oxidation sites excluding steroid dienone is 2. The summed E-state index contributed by atoms with van der Waals surface area (Å²) in [6.45, 7) is 11.8. The van der Waals surface area contributed by atoms with Crippen LogP contribution in [0.4, 0.5) is 5.69 Å². The molecule has 2 amide bonds. The first-order chi connectivity index (χ1) is 14.4. The number of carboxylic acid groups (broad SMARTS) is 1. The van der Waals surface area contributed by atoms with E-state index in [-0.39, 0.29) is 16.8 Å². The summed E-state index contributed by atoms with van der Waals surface area (Å²) in [5.74, 6) is -2.91. The Hall–Kier alpha value is -3.70. The molecule has 2 aliphatic heterocycles. The summed E-state index contributed by atoms with van der Waals surface area (Å²) in [6, 6.07) is 8.03. The molecule has 0 atom stereocenters. The first-order valence-electron chi connectivity index (χ1n) is 9.53. The number of anilines is 1. The predicted octanol–water partition coefficient (Wildman–Crippen LogP) is 1.68. The van der Waals surface area contributed by atoms with Crippen LogP contribution < -0.4 is 10.2 Å². The molecule has 0 unspecified atom stereocenters. The van der Waals surface area contributed by atoms with Gasteiger partial charge in [0.2, 0.25) is 0 Å². The van der Waals surface area contributed by atoms with Gasteiger partial charge >= 0.3 is 5.97 Å². The molecule has 1 aromatic carbocycles. The van der Waals surface area contributed by atoms with Crippen LogP contribution in [0.1, 0.15) is 12.5 Å². The van der Waals surface area contributed by atoms with Crippen molar-refractivity contribution >= 4 is 29.5 Å². The molecule has 8 heteroatoms. The maximum absolute atomic E-state index is 12.6. The van der Waals surface area contributed by atoms with Crippen molar-refractivity contribution in [3.05, 3.63) is 70.2 Å². The van der Waals surface area contributed by atoms with Crippen molar-refractivity contribution in [3.63, 3.8) is 0 Å². The molecule has 0 spiro atoms. The van der Waals surface area contributed by atoms with Crippen LogP contribution in [-0.4, -0.2) is 60.5 Å². The van der Waals surface area contributed by atoms with Gasteiger partial charge in [0.1, 0.15) is 6.54 Å². The molecule has 0 aromatic heterocycles. The van der Waals surface area contributed by atoms with Crippen molar-refractivity contribution in [1.29, 1.82) is 0 Å². The summed E-state index contributed by atoms with van der Waals surface area (Å²) in [5, 5.41) is 12.3. The minimum absolute atomic E-state index is 0.135. The highest BCUT2D eigenvalue weighted by molar-refractivity contribution is 6.18. The van der Waals surface area contributed by atoms with E-state index in [1.54, 1.807) is 6.08 Å². The molecule has 154 valence electrons. The average molecular weight is 406 g/mol. The van der Waals surface area contributed by atoms with E-state index in [1.165, 1.54) is 13.0 Å². The SMILES string of the molecule is [C-]#[N+]C1=C(C)/C(=C/C=C/c2ccc(N3CCNCC3)cc2)C(=O)N(CC(=O)O)C1=O. The summed E-state index contributed by atoms with van der Waals surface area (Å²) < 4.78 is 0. The Morgan fingerprint density at radius 2 is 1.87 bits per heavy atom. The van der Waals surface area contributed by atoms with Gasteiger partial charge in [-0.25, -0.2) is 4.85 Å². The number of carbonyl (C=O) groups is 3. The van der Waals surface area contributed by atoms with E-state index in [0.717, 1.165) is 37.4 Å². The lowest BCUT2D eigenvalue weighted by Crippen LogP contribution is -2.45. The van der Waals surface area contributed by atoms with Gasteiger partial charge in [0.05, 0.1) is 6.57 Å². The van der Waals surface area contributed by atoms with E-state index in [4.69, 9.17) is 11.7 Å². The van der Waals surface area contributed by atoms with Crippen LogP contribution in [0.5, 0.6) is 0 Å². The molecule has 3 rings (SSSR count). The molecule has 0 bridgehead atoms. The maximum atomic E-state index is 12.6. The third kappa shape index (κ3) is 4.47. The number of piperazine rings is 1. The minimum Gasteiger partial charge on any atom is -0.480 e. The molecule has 0 radical (unpaired) electrons. The standard InChI is InChI=1S/C22H22N4O4/c1-15-18(21(29)26(14-19(27)28)22(30)20(15)23-2)5-3-4-16-6-8-17(9-7-16)25-12-10-24-11-13-25/h3-9,24H,10-14H2,1H3,(H,27,28)/b4-3+,18-5-.